The van der Waals surface area contributed by atoms with Crippen LogP contribution in [0.15, 0.2) is 66.9 Å². The van der Waals surface area contributed by atoms with Gasteiger partial charge in [-0.05, 0) is 36.4 Å². The van der Waals surface area contributed by atoms with Crippen molar-refractivity contribution in [3.8, 4) is 5.88 Å². The Morgan fingerprint density at radius 1 is 1.12 bits per heavy atom. The average Bonchev–Trinajstić information content (AvgIpc) is 3.33. The highest BCUT2D eigenvalue weighted by molar-refractivity contribution is 5.85. The third-order valence-corrected chi connectivity index (χ3v) is 5.45. The number of hydrogen-bond donors (Lipinski definition) is 2. The van der Waals surface area contributed by atoms with E-state index in [0.29, 0.717) is 30.6 Å². The van der Waals surface area contributed by atoms with E-state index >= 15 is 0 Å². The maximum Gasteiger partial charge on any atom is 0.417 e. The van der Waals surface area contributed by atoms with Gasteiger partial charge in [-0.3, -0.25) is 4.79 Å². The predicted molar refractivity (Wildman–Crippen MR) is 123 cm³/mol. The van der Waals surface area contributed by atoms with Gasteiger partial charge < -0.3 is 20.5 Å². The van der Waals surface area contributed by atoms with Gasteiger partial charge in [0.2, 0.25) is 5.88 Å². The van der Waals surface area contributed by atoms with E-state index in [2.05, 4.69) is 10.7 Å². The summed E-state index contributed by atoms with van der Waals surface area (Å²) in [5.74, 6) is 0.127. The van der Waals surface area contributed by atoms with Crippen molar-refractivity contribution in [1.82, 2.24) is 4.98 Å². The number of carbonyl (C=O) groups excluding carboxylic acids is 1. The Hall–Kier alpha value is -3.43. The Labute approximate surface area is 195 Å². The smallest absolute Gasteiger partial charge is 0.417 e. The maximum absolute atomic E-state index is 12.7. The van der Waals surface area contributed by atoms with Crippen molar-refractivity contribution in [1.29, 1.82) is 0 Å². The van der Waals surface area contributed by atoms with Crippen LogP contribution in [0.25, 0.3) is 0 Å². The van der Waals surface area contributed by atoms with Crippen LogP contribution in [-0.2, 0) is 6.18 Å². The van der Waals surface area contributed by atoms with Crippen LogP contribution in [0.2, 0.25) is 0 Å². The van der Waals surface area contributed by atoms with Gasteiger partial charge in [0.05, 0.1) is 12.1 Å². The number of aliphatic hydroxyl groups is 1. The molecule has 9 heteroatoms. The van der Waals surface area contributed by atoms with E-state index in [4.69, 9.17) is 4.74 Å². The lowest BCUT2D eigenvalue weighted by molar-refractivity contribution is -0.137. The van der Waals surface area contributed by atoms with E-state index in [0.717, 1.165) is 29.8 Å². The van der Waals surface area contributed by atoms with Crippen LogP contribution in [0.4, 0.5) is 18.9 Å². The number of nitrogens with zero attached hydrogens (tertiary/aromatic N) is 2. The van der Waals surface area contributed by atoms with Gasteiger partial charge in [0.25, 0.3) is 0 Å². The molecule has 0 bridgehead atoms. The molecule has 6 nitrogen and oxygen atoms in total. The SMILES string of the molecule is CN.O=Cc1cc(C(O)c2ccccc2)ccc1N1CC[C@H](Oc2ccc(C(F)(F)F)cn2)C1. The lowest BCUT2D eigenvalue weighted by Gasteiger charge is -2.22. The molecule has 1 fully saturated rings. The molecule has 0 radical (unpaired) electrons. The maximum atomic E-state index is 12.7. The van der Waals surface area contributed by atoms with Gasteiger partial charge in [-0.2, -0.15) is 13.2 Å². The van der Waals surface area contributed by atoms with Crippen LogP contribution in [0.1, 0.15) is 39.6 Å². The molecule has 34 heavy (non-hydrogen) atoms. The largest absolute Gasteiger partial charge is 0.472 e. The summed E-state index contributed by atoms with van der Waals surface area (Å²) in [5.41, 5.74) is 6.19. The normalized spacial score (nSPS) is 16.4. The zero-order chi connectivity index (χ0) is 24.7. The third kappa shape index (κ3) is 5.92. The number of benzene rings is 2. The summed E-state index contributed by atoms with van der Waals surface area (Å²) in [7, 11) is 1.50. The van der Waals surface area contributed by atoms with Gasteiger partial charge in [-0.1, -0.05) is 36.4 Å². The number of alkyl halides is 3. The van der Waals surface area contributed by atoms with Crippen molar-refractivity contribution in [2.75, 3.05) is 25.0 Å². The first kappa shape index (κ1) is 25.2. The molecule has 180 valence electrons. The minimum absolute atomic E-state index is 0.127. The fraction of sp³-hybridized carbons (Fsp3) is 0.280. The first-order valence-electron chi connectivity index (χ1n) is 10.7. The Morgan fingerprint density at radius 2 is 1.85 bits per heavy atom. The van der Waals surface area contributed by atoms with Gasteiger partial charge in [-0.25, -0.2) is 4.98 Å². The number of pyridine rings is 1. The van der Waals surface area contributed by atoms with Gasteiger partial charge in [0, 0.05) is 36.5 Å². The van der Waals surface area contributed by atoms with Gasteiger partial charge >= 0.3 is 6.18 Å². The molecule has 4 rings (SSSR count). The summed E-state index contributed by atoms with van der Waals surface area (Å²) in [6.45, 7) is 1.08. The molecule has 1 aliphatic rings. The zero-order valence-electron chi connectivity index (χ0n) is 18.6. The van der Waals surface area contributed by atoms with E-state index in [1.165, 1.54) is 13.1 Å². The molecule has 2 heterocycles. The fourth-order valence-corrected chi connectivity index (χ4v) is 3.78. The molecule has 0 amide bonds. The third-order valence-electron chi connectivity index (χ3n) is 5.45. The fourth-order valence-electron chi connectivity index (χ4n) is 3.78. The van der Waals surface area contributed by atoms with Crippen LogP contribution < -0.4 is 15.4 Å². The van der Waals surface area contributed by atoms with Crippen molar-refractivity contribution < 1.29 is 27.8 Å². The van der Waals surface area contributed by atoms with Crippen molar-refractivity contribution >= 4 is 12.0 Å². The predicted octanol–water partition coefficient (Wildman–Crippen LogP) is 4.23. The van der Waals surface area contributed by atoms with Crippen molar-refractivity contribution in [2.24, 2.45) is 5.73 Å². The highest BCUT2D eigenvalue weighted by atomic mass is 19.4. The quantitative estimate of drug-likeness (QED) is 0.521. The summed E-state index contributed by atoms with van der Waals surface area (Å²) in [6.07, 6.45) is -3.42. The van der Waals surface area contributed by atoms with Crippen molar-refractivity contribution in [3.05, 3.63) is 89.1 Å². The molecule has 3 aromatic rings. The lowest BCUT2D eigenvalue weighted by atomic mass is 9.99. The monoisotopic (exact) mass is 473 g/mol. The Kier molecular flexibility index (Phi) is 8.25. The van der Waals surface area contributed by atoms with Crippen molar-refractivity contribution in [2.45, 2.75) is 24.8 Å². The molecular formula is C25H26F3N3O3. The average molecular weight is 473 g/mol. The highest BCUT2D eigenvalue weighted by Gasteiger charge is 2.31. The molecule has 3 N–H and O–H groups in total. The summed E-state index contributed by atoms with van der Waals surface area (Å²) in [6, 6.07) is 16.6. The minimum atomic E-state index is -4.44. The number of carbonyl (C=O) groups is 1. The minimum Gasteiger partial charge on any atom is -0.472 e. The Bertz CT molecular complexity index is 1080. The van der Waals surface area contributed by atoms with Crippen molar-refractivity contribution in [3.63, 3.8) is 0 Å². The molecule has 2 atom stereocenters. The van der Waals surface area contributed by atoms with Crippen LogP contribution in [0.5, 0.6) is 5.88 Å². The van der Waals surface area contributed by atoms with Crippen LogP contribution in [-0.4, -0.2) is 42.6 Å². The number of aldehydes is 1. The van der Waals surface area contributed by atoms with E-state index in [9.17, 15) is 23.1 Å². The number of aliphatic hydroxyl groups excluding tert-OH is 1. The Morgan fingerprint density at radius 3 is 2.47 bits per heavy atom. The zero-order valence-corrected chi connectivity index (χ0v) is 18.6. The molecule has 1 unspecified atom stereocenters. The topological polar surface area (TPSA) is 88.7 Å². The van der Waals surface area contributed by atoms with Crippen LogP contribution >= 0.6 is 0 Å². The second kappa shape index (κ2) is 11.1. The van der Waals surface area contributed by atoms with E-state index in [1.54, 1.807) is 18.2 Å². The molecule has 1 aromatic heterocycles. The van der Waals surface area contributed by atoms with E-state index < -0.39 is 17.8 Å². The second-order valence-corrected chi connectivity index (χ2v) is 7.61. The molecule has 0 saturated carbocycles. The molecule has 0 aliphatic carbocycles. The number of halogens is 3. The number of aromatic nitrogens is 1. The van der Waals surface area contributed by atoms with Gasteiger partial charge in [0.15, 0.2) is 6.29 Å². The Balaban J connectivity index is 0.00000158. The lowest BCUT2D eigenvalue weighted by Crippen LogP contribution is -2.25. The summed E-state index contributed by atoms with van der Waals surface area (Å²) in [5, 5.41) is 10.6. The number of anilines is 1. The summed E-state index contributed by atoms with van der Waals surface area (Å²) < 4.78 is 43.8. The summed E-state index contributed by atoms with van der Waals surface area (Å²) in [4.78, 5) is 17.5. The van der Waals surface area contributed by atoms with E-state index in [1.807, 2.05) is 35.2 Å². The molecule has 1 aliphatic heterocycles. The molecule has 2 aromatic carbocycles. The highest BCUT2D eigenvalue weighted by Crippen LogP contribution is 2.31. The number of rotatable bonds is 6. The number of ether oxygens (including phenoxy) is 1. The van der Waals surface area contributed by atoms with E-state index in [-0.39, 0.29) is 12.0 Å². The molecule has 0 spiro atoms. The second-order valence-electron chi connectivity index (χ2n) is 7.61. The van der Waals surface area contributed by atoms with Gasteiger partial charge in [0.1, 0.15) is 12.2 Å². The molecule has 1 saturated heterocycles. The van der Waals surface area contributed by atoms with Crippen LogP contribution in [0, 0.1) is 0 Å². The standard InChI is InChI=1S/C24H21F3N2O3.CH5N/c25-24(26,27)19-7-9-22(28-13-19)32-20-10-11-29(14-20)21-8-6-17(12-18(21)15-30)23(31)16-4-2-1-3-5-16;1-2/h1-9,12-13,15,20,23,31H,10-11,14H2;2H2,1H3/t20-,23?;/m0./s1. The summed E-state index contributed by atoms with van der Waals surface area (Å²) >= 11 is 0. The van der Waals surface area contributed by atoms with Crippen LogP contribution in [0.3, 0.4) is 0 Å². The van der Waals surface area contributed by atoms with Gasteiger partial charge in [-0.15, -0.1) is 0 Å². The number of hydrogen-bond acceptors (Lipinski definition) is 6. The molecular weight excluding hydrogens is 447 g/mol. The number of nitrogens with two attached hydrogens (primary N) is 1. The first-order chi connectivity index (χ1) is 16.3. The first-order valence-corrected chi connectivity index (χ1v) is 10.7.